The van der Waals surface area contributed by atoms with Crippen molar-refractivity contribution >= 4 is 66.4 Å². The number of aliphatic hydroxyl groups excluding tert-OH is 1. The number of rotatable bonds is 37. The monoisotopic (exact) mass is 1190 g/mol. The average molecular weight is 1190 g/mol. The number of aldehydes is 1. The Labute approximate surface area is 495 Å². The predicted octanol–water partition coefficient (Wildman–Crippen LogP) is 9.05. The van der Waals surface area contributed by atoms with Crippen LogP contribution in [-0.2, 0) is 62.8 Å². The molecule has 470 valence electrons. The summed E-state index contributed by atoms with van der Waals surface area (Å²) in [6.07, 6.45) is 11.1. The molecule has 2 rings (SSSR count). The van der Waals surface area contributed by atoms with E-state index in [0.717, 1.165) is 53.9 Å². The number of ether oxygens (including phenoxy) is 6. The highest BCUT2D eigenvalue weighted by Gasteiger charge is 2.35. The average Bonchev–Trinajstić information content (AvgIpc) is 3.75. The van der Waals surface area contributed by atoms with Crippen LogP contribution in [0.15, 0.2) is 36.1 Å². The summed E-state index contributed by atoms with van der Waals surface area (Å²) in [6, 6.07) is 3.95. The van der Waals surface area contributed by atoms with E-state index in [1.807, 2.05) is 46.8 Å². The molecule has 20 nitrogen and oxygen atoms in total. The molecule has 1 aromatic rings. The minimum Gasteiger partial charge on any atom is -0.492 e. The van der Waals surface area contributed by atoms with Crippen LogP contribution in [0.1, 0.15) is 159 Å². The Hall–Kier alpha value is -4.87. The highest BCUT2D eigenvalue weighted by atomic mass is 32.2. The Morgan fingerprint density at radius 1 is 0.802 bits per heavy atom. The van der Waals surface area contributed by atoms with E-state index in [-0.39, 0.29) is 72.9 Å². The van der Waals surface area contributed by atoms with Crippen molar-refractivity contribution in [2.45, 2.75) is 159 Å². The summed E-state index contributed by atoms with van der Waals surface area (Å²) in [5, 5.41) is 26.5. The first-order valence-corrected chi connectivity index (χ1v) is 30.6. The number of nitrogens with one attached hydrogen (secondary N) is 3. The van der Waals surface area contributed by atoms with Gasteiger partial charge in [0.15, 0.2) is 19.4 Å². The van der Waals surface area contributed by atoms with Crippen LogP contribution in [0.3, 0.4) is 0 Å². The second-order valence-corrected chi connectivity index (χ2v) is 21.7. The van der Waals surface area contributed by atoms with Crippen LogP contribution in [0.4, 0.5) is 0 Å². The lowest BCUT2D eigenvalue weighted by atomic mass is 9.68. The SMILES string of the molecule is CC.CC.CC/C=C(\C=C/C(C)C(c1cc(C(C)(C)C)c(OCC(=O)NCCSCCC(=O)O)cc1OCC(=O)NCCSCCC)C(C)(C)C)OCCOCCOCCOC.CCCC=O.CNC=O.O=CON1C(=O)CCC1O. The number of thioether (sulfide) groups is 2. The number of unbranched alkanes of at least 4 members (excludes halogenated alkanes) is 1. The fraction of sp³-hybridized carbons (Fsp3) is 0.712. The lowest BCUT2D eigenvalue weighted by molar-refractivity contribution is -0.209. The van der Waals surface area contributed by atoms with E-state index in [1.54, 1.807) is 25.9 Å². The molecular weight excluding hydrogens is 1080 g/mol. The van der Waals surface area contributed by atoms with E-state index < -0.39 is 12.2 Å². The van der Waals surface area contributed by atoms with Crippen molar-refractivity contribution < 1.29 is 77.0 Å². The number of methoxy groups -OCH3 is 1. The fourth-order valence-corrected chi connectivity index (χ4v) is 8.48. The molecular formula is C59H106N4O16S2. The second kappa shape index (κ2) is 54.4. The van der Waals surface area contributed by atoms with Gasteiger partial charge in [-0.2, -0.15) is 23.5 Å². The number of carboxylic acids is 1. The molecule has 81 heavy (non-hydrogen) atoms. The highest BCUT2D eigenvalue weighted by molar-refractivity contribution is 7.99. The number of benzene rings is 1. The molecule has 0 bridgehead atoms. The van der Waals surface area contributed by atoms with Gasteiger partial charge in [0.25, 0.3) is 17.7 Å². The molecule has 1 fully saturated rings. The Kier molecular flexibility index (Phi) is 55.5. The van der Waals surface area contributed by atoms with Gasteiger partial charge in [0.05, 0.1) is 39.5 Å². The number of carbonyl (C=O) groups is 7. The van der Waals surface area contributed by atoms with Crippen molar-refractivity contribution in [1.82, 2.24) is 21.0 Å². The lowest BCUT2D eigenvalue weighted by Crippen LogP contribution is -2.32. The number of aliphatic carboxylic acids is 1. The first-order valence-electron chi connectivity index (χ1n) is 28.3. The zero-order valence-electron chi connectivity index (χ0n) is 52.1. The van der Waals surface area contributed by atoms with Crippen molar-refractivity contribution in [3.05, 3.63) is 47.2 Å². The third-order valence-electron chi connectivity index (χ3n) is 10.5. The number of hydrogen-bond acceptors (Lipinski definition) is 17. The molecule has 1 heterocycles. The van der Waals surface area contributed by atoms with E-state index in [9.17, 15) is 28.8 Å². The Morgan fingerprint density at radius 3 is 1.78 bits per heavy atom. The maximum atomic E-state index is 13.0. The quantitative estimate of drug-likeness (QED) is 0.0180. The smallest absolute Gasteiger partial charge is 0.321 e. The third kappa shape index (κ3) is 44.4. The first-order chi connectivity index (χ1) is 38.6. The molecule has 1 aromatic carbocycles. The fourth-order valence-electron chi connectivity index (χ4n) is 6.97. The van der Waals surface area contributed by atoms with Crippen molar-refractivity contribution in [3.63, 3.8) is 0 Å². The molecule has 4 amide bonds. The van der Waals surface area contributed by atoms with Crippen LogP contribution >= 0.6 is 23.5 Å². The zero-order valence-corrected chi connectivity index (χ0v) is 53.7. The van der Waals surface area contributed by atoms with E-state index in [0.29, 0.717) is 100 Å². The number of amides is 4. The topological polar surface area (TPSA) is 264 Å². The number of hydrogen-bond donors (Lipinski definition) is 5. The van der Waals surface area contributed by atoms with Gasteiger partial charge in [-0.05, 0) is 71.5 Å². The van der Waals surface area contributed by atoms with Crippen LogP contribution in [0.2, 0.25) is 0 Å². The third-order valence-corrected chi connectivity index (χ3v) is 12.6. The van der Waals surface area contributed by atoms with Gasteiger partial charge >= 0.3 is 12.4 Å². The molecule has 0 saturated carbocycles. The lowest BCUT2D eigenvalue weighted by Gasteiger charge is -2.37. The summed E-state index contributed by atoms with van der Waals surface area (Å²) < 4.78 is 34.8. The van der Waals surface area contributed by atoms with Gasteiger partial charge in [0.1, 0.15) is 30.2 Å². The Morgan fingerprint density at radius 2 is 1.35 bits per heavy atom. The normalized spacial score (nSPS) is 13.5. The zero-order chi connectivity index (χ0) is 62.5. The van der Waals surface area contributed by atoms with Crippen LogP contribution < -0.4 is 25.4 Å². The van der Waals surface area contributed by atoms with Crippen molar-refractivity contribution in [2.24, 2.45) is 11.3 Å². The number of hydroxylamine groups is 2. The molecule has 0 aromatic heterocycles. The molecule has 5 N–H and O–H groups in total. The molecule has 3 unspecified atom stereocenters. The molecule has 3 atom stereocenters. The van der Waals surface area contributed by atoms with E-state index >= 15 is 0 Å². The van der Waals surface area contributed by atoms with E-state index in [2.05, 4.69) is 101 Å². The number of carbonyl (C=O) groups excluding carboxylic acids is 6. The Bertz CT molecular complexity index is 1860. The van der Waals surface area contributed by atoms with Gasteiger partial charge in [0, 0.05) is 75.4 Å². The van der Waals surface area contributed by atoms with Crippen LogP contribution in [0.25, 0.3) is 0 Å². The summed E-state index contributed by atoms with van der Waals surface area (Å²) in [4.78, 5) is 79.7. The number of carboxylic acid groups (broad SMARTS) is 1. The summed E-state index contributed by atoms with van der Waals surface area (Å²) in [5.74, 6) is 3.02. The molecule has 1 saturated heterocycles. The van der Waals surface area contributed by atoms with Gasteiger partial charge in [-0.3, -0.25) is 28.8 Å². The number of aliphatic hydroxyl groups is 1. The summed E-state index contributed by atoms with van der Waals surface area (Å²) >= 11 is 3.28. The first kappa shape index (κ1) is 82.6. The Balaban J connectivity index is -0.00000107. The summed E-state index contributed by atoms with van der Waals surface area (Å²) in [7, 11) is 3.21. The molecule has 0 aliphatic carbocycles. The van der Waals surface area contributed by atoms with Crippen molar-refractivity contribution in [1.29, 1.82) is 0 Å². The van der Waals surface area contributed by atoms with Gasteiger partial charge < -0.3 is 64.2 Å². The van der Waals surface area contributed by atoms with Gasteiger partial charge in [-0.1, -0.05) is 103 Å². The minimum absolute atomic E-state index is 0.00913. The predicted molar refractivity (Wildman–Crippen MR) is 326 cm³/mol. The summed E-state index contributed by atoms with van der Waals surface area (Å²) in [5.41, 5.74) is 1.25. The molecule has 22 heteroatoms. The number of allylic oxidation sites excluding steroid dienone is 3. The minimum atomic E-state index is -0.960. The largest absolute Gasteiger partial charge is 0.492 e. The van der Waals surface area contributed by atoms with Crippen LogP contribution in [-0.4, -0.2) is 167 Å². The van der Waals surface area contributed by atoms with E-state index in [1.165, 1.54) is 11.8 Å². The molecule has 0 radical (unpaired) electrons. The summed E-state index contributed by atoms with van der Waals surface area (Å²) in [6.45, 7) is 32.9. The van der Waals surface area contributed by atoms with E-state index in [4.69, 9.17) is 43.4 Å². The van der Waals surface area contributed by atoms with Gasteiger partial charge in [-0.25, -0.2) is 0 Å². The van der Waals surface area contributed by atoms with Crippen LogP contribution in [0.5, 0.6) is 11.5 Å². The second-order valence-electron chi connectivity index (χ2n) is 19.2. The number of nitrogens with zero attached hydrogens (tertiary/aromatic N) is 1. The molecule has 0 spiro atoms. The molecule has 1 aliphatic heterocycles. The van der Waals surface area contributed by atoms with Crippen LogP contribution in [0, 0.1) is 11.3 Å². The van der Waals surface area contributed by atoms with Gasteiger partial charge in [0.2, 0.25) is 6.41 Å². The van der Waals surface area contributed by atoms with Crippen molar-refractivity contribution in [2.75, 3.05) is 103 Å². The maximum absolute atomic E-state index is 13.0. The van der Waals surface area contributed by atoms with Gasteiger partial charge in [-0.15, -0.1) is 5.06 Å². The standard InChI is InChI=1S/C44H74N2O10S2.C5H7NO4.C4H8O.C2H5NO.2C2H6/c1-11-13-34(54-24-23-53-22-21-52-20-19-51-10)15-14-33(3)42(44(7,8)9)35-29-36(43(4,5)6)38(56-32-40(48)46-18-28-58-26-16-41(49)50)30-37(35)55-31-39(47)45-17-27-57-25-12-2;7-3-10-6-4(8)1-2-5(6)9;1-2-3-4-5;1-3-2-4;2*1-2/h13-15,29-30,33,42H,11-12,16-28,31-32H2,1-10H3,(H,45,47)(H,46,48)(H,49,50);3-4,8H,1-2H2;4H,2-3H2,1H3;2H,1H3,(H,3,4);2*1-2H3/b15-14-,34-13+;;;;;. The molecule has 1 aliphatic rings. The van der Waals surface area contributed by atoms with Crippen molar-refractivity contribution in [3.8, 4) is 11.5 Å². The highest BCUT2D eigenvalue weighted by Crippen LogP contribution is 2.48. The maximum Gasteiger partial charge on any atom is 0.321 e.